The Bertz CT molecular complexity index is 512. The minimum Gasteiger partial charge on any atom is -0.257 e. The van der Waals surface area contributed by atoms with Gasteiger partial charge in [-0.05, 0) is 30.5 Å². The molecule has 0 saturated heterocycles. The number of hydrogen-bond acceptors (Lipinski definition) is 1. The molecule has 0 unspecified atom stereocenters. The molecule has 0 radical (unpaired) electrons. The van der Waals surface area contributed by atoms with E-state index in [0.29, 0.717) is 0 Å². The van der Waals surface area contributed by atoms with E-state index in [0.717, 1.165) is 25.0 Å². The highest BCUT2D eigenvalue weighted by atomic mass is 14.7. The van der Waals surface area contributed by atoms with Gasteiger partial charge in [0, 0.05) is 23.2 Å². The van der Waals surface area contributed by atoms with Gasteiger partial charge in [-0.25, -0.2) is 0 Å². The van der Waals surface area contributed by atoms with Crippen LogP contribution in [0.25, 0.3) is 0 Å². The van der Waals surface area contributed by atoms with Crippen molar-refractivity contribution in [3.8, 4) is 0 Å². The van der Waals surface area contributed by atoms with Crippen molar-refractivity contribution in [1.29, 1.82) is 0 Å². The lowest BCUT2D eigenvalue weighted by Crippen LogP contribution is -2.21. The highest BCUT2D eigenvalue weighted by Crippen LogP contribution is 2.29. The molecule has 1 aromatic carbocycles. The van der Waals surface area contributed by atoms with Gasteiger partial charge in [-0.15, -0.1) is 0 Å². The fraction of sp³-hybridized carbons (Fsp3) is 0.389. The maximum absolute atomic E-state index is 4.88. The monoisotopic (exact) mass is 253 g/mol. The molecule has 1 heterocycles. The Hall–Kier alpha value is -1.63. The third-order valence-corrected chi connectivity index (χ3v) is 4.21. The van der Waals surface area contributed by atoms with E-state index in [1.54, 1.807) is 0 Å². The van der Waals surface area contributed by atoms with E-state index < -0.39 is 0 Å². The molecule has 0 spiro atoms. The van der Waals surface area contributed by atoms with Crippen molar-refractivity contribution < 1.29 is 0 Å². The zero-order valence-electron chi connectivity index (χ0n) is 12.2. The number of aromatic nitrogens is 1. The first-order valence-electron chi connectivity index (χ1n) is 7.18. The summed E-state index contributed by atoms with van der Waals surface area (Å²) in [7, 11) is 0. The molecule has 0 saturated carbocycles. The van der Waals surface area contributed by atoms with E-state index >= 15 is 0 Å². The lowest BCUT2D eigenvalue weighted by molar-refractivity contribution is 0.425. The van der Waals surface area contributed by atoms with Gasteiger partial charge in [0.25, 0.3) is 0 Å². The highest BCUT2D eigenvalue weighted by Gasteiger charge is 2.23. The molecule has 0 aliphatic carbocycles. The van der Waals surface area contributed by atoms with Crippen LogP contribution >= 0.6 is 0 Å². The quantitative estimate of drug-likeness (QED) is 0.749. The molecule has 2 rings (SSSR count). The zero-order valence-corrected chi connectivity index (χ0v) is 12.2. The molecular weight excluding hydrogens is 230 g/mol. The third kappa shape index (κ3) is 3.23. The van der Waals surface area contributed by atoms with Gasteiger partial charge in [0.05, 0.1) is 0 Å². The first-order chi connectivity index (χ1) is 9.18. The number of nitrogens with zero attached hydrogens (tertiary/aromatic N) is 1. The van der Waals surface area contributed by atoms with Crippen LogP contribution in [0.3, 0.4) is 0 Å². The average Bonchev–Trinajstić information content (AvgIpc) is 2.48. The van der Waals surface area contributed by atoms with E-state index in [2.05, 4.69) is 69.3 Å². The summed E-state index contributed by atoms with van der Waals surface area (Å²) < 4.78 is 0. The summed E-state index contributed by atoms with van der Waals surface area (Å²) in [5, 5.41) is 0. The fourth-order valence-corrected chi connectivity index (χ4v) is 2.33. The van der Waals surface area contributed by atoms with Crippen LogP contribution < -0.4 is 0 Å². The first kappa shape index (κ1) is 13.8. The van der Waals surface area contributed by atoms with Crippen LogP contribution in [0.15, 0.2) is 48.5 Å². The minimum atomic E-state index is 0.201. The van der Waals surface area contributed by atoms with Crippen molar-refractivity contribution in [3.05, 3.63) is 65.5 Å². The molecule has 0 N–H and O–H groups in total. The molecule has 19 heavy (non-hydrogen) atoms. The third-order valence-electron chi connectivity index (χ3n) is 4.21. The van der Waals surface area contributed by atoms with E-state index in [1.807, 2.05) is 0 Å². The van der Waals surface area contributed by atoms with Gasteiger partial charge >= 0.3 is 0 Å². The maximum atomic E-state index is 4.88. The largest absolute Gasteiger partial charge is 0.257 e. The topological polar surface area (TPSA) is 12.9 Å². The minimum absolute atomic E-state index is 0.201. The predicted molar refractivity (Wildman–Crippen MR) is 81.4 cm³/mol. The summed E-state index contributed by atoms with van der Waals surface area (Å²) in [4.78, 5) is 4.88. The van der Waals surface area contributed by atoms with Gasteiger partial charge in [-0.1, -0.05) is 57.2 Å². The summed E-state index contributed by atoms with van der Waals surface area (Å²) >= 11 is 0. The Kier molecular flexibility index (Phi) is 4.36. The van der Waals surface area contributed by atoms with Crippen molar-refractivity contribution in [2.24, 2.45) is 0 Å². The summed E-state index contributed by atoms with van der Waals surface area (Å²) in [6.07, 6.45) is 3.18. The summed E-state index contributed by atoms with van der Waals surface area (Å²) in [5.41, 5.74) is 3.91. The first-order valence-corrected chi connectivity index (χ1v) is 7.18. The van der Waals surface area contributed by atoms with Crippen LogP contribution in [-0.2, 0) is 11.8 Å². The molecule has 0 aliphatic rings. The van der Waals surface area contributed by atoms with Crippen LogP contribution in [0, 0.1) is 0 Å². The molecule has 0 aliphatic heterocycles. The molecule has 0 bridgehead atoms. The fourth-order valence-electron chi connectivity index (χ4n) is 2.33. The lowest BCUT2D eigenvalue weighted by Gasteiger charge is -2.26. The van der Waals surface area contributed by atoms with Gasteiger partial charge < -0.3 is 0 Å². The number of benzene rings is 1. The summed E-state index contributed by atoms with van der Waals surface area (Å²) in [6, 6.07) is 17.0. The van der Waals surface area contributed by atoms with Gasteiger partial charge in [-0.3, -0.25) is 4.98 Å². The molecule has 0 atom stereocenters. The van der Waals surface area contributed by atoms with Crippen LogP contribution in [-0.4, -0.2) is 4.98 Å². The second-order valence-electron chi connectivity index (χ2n) is 5.44. The highest BCUT2D eigenvalue weighted by molar-refractivity contribution is 5.25. The zero-order chi connectivity index (χ0) is 13.7. The van der Waals surface area contributed by atoms with Gasteiger partial charge in [-0.2, -0.15) is 0 Å². The van der Waals surface area contributed by atoms with E-state index in [1.165, 1.54) is 11.3 Å². The molecule has 1 aromatic heterocycles. The summed E-state index contributed by atoms with van der Waals surface area (Å²) in [5.74, 6) is 0. The second-order valence-corrected chi connectivity index (χ2v) is 5.44. The van der Waals surface area contributed by atoms with Crippen molar-refractivity contribution in [1.82, 2.24) is 4.98 Å². The van der Waals surface area contributed by atoms with Crippen molar-refractivity contribution >= 4 is 0 Å². The van der Waals surface area contributed by atoms with E-state index in [-0.39, 0.29) is 5.41 Å². The van der Waals surface area contributed by atoms with Crippen molar-refractivity contribution in [2.45, 2.75) is 45.4 Å². The Labute approximate surface area is 116 Å². The van der Waals surface area contributed by atoms with Gasteiger partial charge in [0.15, 0.2) is 0 Å². The van der Waals surface area contributed by atoms with Crippen molar-refractivity contribution in [3.63, 3.8) is 0 Å². The van der Waals surface area contributed by atoms with Crippen molar-refractivity contribution in [2.75, 3.05) is 0 Å². The Balaban J connectivity index is 2.25. The Morgan fingerprint density at radius 3 is 2.21 bits per heavy atom. The molecule has 1 nitrogen and oxygen atoms in total. The van der Waals surface area contributed by atoms with Gasteiger partial charge in [0.2, 0.25) is 0 Å². The lowest BCUT2D eigenvalue weighted by atomic mass is 9.81. The normalized spacial score (nSPS) is 11.5. The molecule has 0 amide bonds. The number of rotatable bonds is 5. The van der Waals surface area contributed by atoms with Gasteiger partial charge in [0.1, 0.15) is 0 Å². The molecule has 1 heteroatoms. The van der Waals surface area contributed by atoms with E-state index in [9.17, 15) is 0 Å². The van der Waals surface area contributed by atoms with Crippen LogP contribution in [0.1, 0.15) is 50.6 Å². The standard InChI is InChI=1S/C18H23N/c1-4-18(3,5-2)17-13-9-12-16(19-17)14-15-10-7-6-8-11-15/h6-13H,4-5,14H2,1-3H3. The average molecular weight is 253 g/mol. The SMILES string of the molecule is CCC(C)(CC)c1cccc(Cc2ccccc2)n1. The summed E-state index contributed by atoms with van der Waals surface area (Å²) in [6.45, 7) is 6.80. The molecule has 2 aromatic rings. The number of pyridine rings is 1. The molecule has 0 fully saturated rings. The van der Waals surface area contributed by atoms with Crippen LogP contribution in [0.2, 0.25) is 0 Å². The Morgan fingerprint density at radius 2 is 1.58 bits per heavy atom. The second kappa shape index (κ2) is 6.01. The maximum Gasteiger partial charge on any atom is 0.0465 e. The van der Waals surface area contributed by atoms with Crippen LogP contribution in [0.4, 0.5) is 0 Å². The van der Waals surface area contributed by atoms with Crippen LogP contribution in [0.5, 0.6) is 0 Å². The molecule has 100 valence electrons. The Morgan fingerprint density at radius 1 is 0.895 bits per heavy atom. The smallest absolute Gasteiger partial charge is 0.0465 e. The number of hydrogen-bond donors (Lipinski definition) is 0. The molecular formula is C18H23N. The van der Waals surface area contributed by atoms with E-state index in [4.69, 9.17) is 4.98 Å². The predicted octanol–water partition coefficient (Wildman–Crippen LogP) is 4.75.